The molecule has 0 atom stereocenters. The second kappa shape index (κ2) is 6.32. The molecule has 1 heterocycles. The Bertz CT molecular complexity index is 775. The van der Waals surface area contributed by atoms with Gasteiger partial charge in [-0.15, -0.1) is 0 Å². The molecule has 132 valence electrons. The second-order valence-corrected chi connectivity index (χ2v) is 6.48. The summed E-state index contributed by atoms with van der Waals surface area (Å²) in [6.07, 6.45) is 3.70. The van der Waals surface area contributed by atoms with Crippen molar-refractivity contribution in [3.05, 3.63) is 38.9 Å². The molecule has 0 radical (unpaired) electrons. The Kier molecular flexibility index (Phi) is 4.34. The highest BCUT2D eigenvalue weighted by Crippen LogP contribution is 2.33. The highest BCUT2D eigenvalue weighted by atomic mass is 35.5. The van der Waals surface area contributed by atoms with Gasteiger partial charge in [-0.05, 0) is 18.9 Å². The number of halogens is 1. The molecule has 25 heavy (non-hydrogen) atoms. The number of rotatable bonds is 3. The van der Waals surface area contributed by atoms with Crippen LogP contribution in [0.15, 0.2) is 18.2 Å². The Morgan fingerprint density at radius 3 is 2.56 bits per heavy atom. The van der Waals surface area contributed by atoms with Crippen LogP contribution in [0, 0.1) is 10.1 Å². The number of nitrogens with zero attached hydrogens (tertiary/aromatic N) is 2. The van der Waals surface area contributed by atoms with E-state index in [4.69, 9.17) is 11.6 Å². The van der Waals surface area contributed by atoms with Crippen molar-refractivity contribution >= 4 is 35.1 Å². The maximum atomic E-state index is 12.6. The molecule has 1 aromatic rings. The SMILES string of the molecule is O=C(NN1C(=O)NC2(CCCCC2)C1=O)c1ccc([N+](=O)[O-])cc1Cl. The molecule has 2 fully saturated rings. The summed E-state index contributed by atoms with van der Waals surface area (Å²) < 4.78 is 0. The summed E-state index contributed by atoms with van der Waals surface area (Å²) in [6.45, 7) is 0. The summed E-state index contributed by atoms with van der Waals surface area (Å²) in [5, 5.41) is 13.9. The molecule has 2 N–H and O–H groups in total. The number of non-ortho nitro benzene ring substituents is 1. The first-order valence-corrected chi connectivity index (χ1v) is 8.13. The van der Waals surface area contributed by atoms with Crippen LogP contribution in [0.2, 0.25) is 5.02 Å². The zero-order valence-corrected chi connectivity index (χ0v) is 13.8. The largest absolute Gasteiger partial charge is 0.344 e. The first kappa shape index (κ1) is 17.2. The summed E-state index contributed by atoms with van der Waals surface area (Å²) in [4.78, 5) is 47.1. The molecule has 1 saturated carbocycles. The Balaban J connectivity index is 1.78. The van der Waals surface area contributed by atoms with E-state index in [1.165, 1.54) is 6.07 Å². The van der Waals surface area contributed by atoms with E-state index in [-0.39, 0.29) is 16.3 Å². The number of hydrogen-bond donors (Lipinski definition) is 2. The van der Waals surface area contributed by atoms with E-state index in [0.717, 1.165) is 31.4 Å². The third-order valence-electron chi connectivity index (χ3n) is 4.49. The number of urea groups is 1. The van der Waals surface area contributed by atoms with Crippen molar-refractivity contribution in [1.82, 2.24) is 15.8 Å². The summed E-state index contributed by atoms with van der Waals surface area (Å²) >= 11 is 5.90. The Labute approximate surface area is 147 Å². The lowest BCUT2D eigenvalue weighted by atomic mass is 9.82. The standard InChI is InChI=1S/C15H15ClN4O5/c16-11-8-9(20(24)25)4-5-10(11)12(21)18-19-13(22)15(17-14(19)23)6-2-1-3-7-15/h4-5,8H,1-3,6-7H2,(H,17,23)(H,18,21). The van der Waals surface area contributed by atoms with Gasteiger partial charge in [0.05, 0.1) is 15.5 Å². The Hall–Kier alpha value is -2.68. The summed E-state index contributed by atoms with van der Waals surface area (Å²) in [7, 11) is 0. The van der Waals surface area contributed by atoms with Gasteiger partial charge >= 0.3 is 6.03 Å². The smallest absolute Gasteiger partial charge is 0.322 e. The first-order valence-electron chi connectivity index (χ1n) is 7.76. The minimum atomic E-state index is -0.956. The lowest BCUT2D eigenvalue weighted by Crippen LogP contribution is -2.51. The topological polar surface area (TPSA) is 122 Å². The molecular weight excluding hydrogens is 352 g/mol. The van der Waals surface area contributed by atoms with Crippen LogP contribution in [0.25, 0.3) is 0 Å². The van der Waals surface area contributed by atoms with Gasteiger partial charge in [0, 0.05) is 12.1 Å². The minimum Gasteiger partial charge on any atom is -0.322 e. The van der Waals surface area contributed by atoms with Crippen molar-refractivity contribution < 1.29 is 19.3 Å². The zero-order chi connectivity index (χ0) is 18.2. The van der Waals surface area contributed by atoms with E-state index >= 15 is 0 Å². The van der Waals surface area contributed by atoms with Gasteiger partial charge in [-0.2, -0.15) is 5.01 Å². The van der Waals surface area contributed by atoms with E-state index in [1.807, 2.05) is 0 Å². The number of amides is 4. The highest BCUT2D eigenvalue weighted by molar-refractivity contribution is 6.34. The number of hydrogen-bond acceptors (Lipinski definition) is 5. The van der Waals surface area contributed by atoms with Crippen LogP contribution in [0.1, 0.15) is 42.5 Å². The molecule has 10 heteroatoms. The van der Waals surface area contributed by atoms with E-state index < -0.39 is 28.3 Å². The van der Waals surface area contributed by atoms with E-state index in [1.54, 1.807) is 0 Å². The molecular formula is C15H15ClN4O5. The number of hydrazine groups is 1. The number of imide groups is 1. The van der Waals surface area contributed by atoms with Gasteiger partial charge in [0.2, 0.25) is 0 Å². The fourth-order valence-electron chi connectivity index (χ4n) is 3.18. The van der Waals surface area contributed by atoms with Crippen LogP contribution in [0.3, 0.4) is 0 Å². The van der Waals surface area contributed by atoms with Crippen molar-refractivity contribution in [2.24, 2.45) is 0 Å². The predicted octanol–water partition coefficient (Wildman–Crippen LogP) is 2.15. The molecule has 4 amide bonds. The fraction of sp³-hybridized carbons (Fsp3) is 0.400. The quantitative estimate of drug-likeness (QED) is 0.482. The zero-order valence-electron chi connectivity index (χ0n) is 13.1. The third-order valence-corrected chi connectivity index (χ3v) is 4.80. The maximum Gasteiger partial charge on any atom is 0.344 e. The Morgan fingerprint density at radius 2 is 1.96 bits per heavy atom. The molecule has 1 aliphatic carbocycles. The first-order chi connectivity index (χ1) is 11.8. The summed E-state index contributed by atoms with van der Waals surface area (Å²) in [6, 6.07) is 2.63. The summed E-state index contributed by atoms with van der Waals surface area (Å²) in [5.41, 5.74) is 0.940. The van der Waals surface area contributed by atoms with Gasteiger partial charge < -0.3 is 5.32 Å². The Morgan fingerprint density at radius 1 is 1.28 bits per heavy atom. The van der Waals surface area contributed by atoms with Crippen LogP contribution in [-0.4, -0.2) is 33.3 Å². The van der Waals surface area contributed by atoms with Gasteiger partial charge in [0.25, 0.3) is 17.5 Å². The van der Waals surface area contributed by atoms with E-state index in [9.17, 15) is 24.5 Å². The third kappa shape index (κ3) is 3.02. The van der Waals surface area contributed by atoms with Crippen molar-refractivity contribution in [2.75, 3.05) is 0 Å². The number of nitro benzene ring substituents is 1. The highest BCUT2D eigenvalue weighted by Gasteiger charge is 2.52. The molecule has 0 aromatic heterocycles. The van der Waals surface area contributed by atoms with Gasteiger partial charge in [0.1, 0.15) is 5.54 Å². The molecule has 1 aromatic carbocycles. The van der Waals surface area contributed by atoms with Gasteiger partial charge in [0.15, 0.2) is 0 Å². The molecule has 0 bridgehead atoms. The number of carbonyl (C=O) groups is 3. The van der Waals surface area contributed by atoms with Crippen LogP contribution in [0.4, 0.5) is 10.5 Å². The fourth-order valence-corrected chi connectivity index (χ4v) is 3.44. The van der Waals surface area contributed by atoms with Crippen molar-refractivity contribution in [1.29, 1.82) is 0 Å². The monoisotopic (exact) mass is 366 g/mol. The lowest BCUT2D eigenvalue weighted by molar-refractivity contribution is -0.384. The van der Waals surface area contributed by atoms with Crippen molar-refractivity contribution in [2.45, 2.75) is 37.6 Å². The molecule has 3 rings (SSSR count). The van der Waals surface area contributed by atoms with E-state index in [0.29, 0.717) is 17.9 Å². The number of nitro groups is 1. The summed E-state index contributed by atoms with van der Waals surface area (Å²) in [5.74, 6) is -1.29. The van der Waals surface area contributed by atoms with Crippen molar-refractivity contribution in [3.8, 4) is 0 Å². The second-order valence-electron chi connectivity index (χ2n) is 6.08. The number of nitrogens with one attached hydrogen (secondary N) is 2. The van der Waals surface area contributed by atoms with Crippen LogP contribution < -0.4 is 10.7 Å². The van der Waals surface area contributed by atoms with Crippen LogP contribution in [0.5, 0.6) is 0 Å². The number of benzene rings is 1. The normalized spacial score (nSPS) is 19.0. The lowest BCUT2D eigenvalue weighted by Gasteiger charge is -2.30. The van der Waals surface area contributed by atoms with Crippen LogP contribution >= 0.6 is 11.6 Å². The molecule has 1 spiro atoms. The molecule has 2 aliphatic rings. The van der Waals surface area contributed by atoms with Crippen molar-refractivity contribution in [3.63, 3.8) is 0 Å². The van der Waals surface area contributed by atoms with Gasteiger partial charge in [-0.3, -0.25) is 25.1 Å². The van der Waals surface area contributed by atoms with E-state index in [2.05, 4.69) is 10.7 Å². The van der Waals surface area contributed by atoms with Gasteiger partial charge in [-0.25, -0.2) is 4.79 Å². The van der Waals surface area contributed by atoms with Gasteiger partial charge in [-0.1, -0.05) is 30.9 Å². The molecule has 9 nitrogen and oxygen atoms in total. The maximum absolute atomic E-state index is 12.6. The number of carbonyl (C=O) groups excluding carboxylic acids is 3. The molecule has 1 aliphatic heterocycles. The molecule has 0 unspecified atom stereocenters. The average Bonchev–Trinajstić information content (AvgIpc) is 2.79. The van der Waals surface area contributed by atoms with Crippen LogP contribution in [-0.2, 0) is 4.79 Å². The molecule has 1 saturated heterocycles. The predicted molar refractivity (Wildman–Crippen MR) is 86.8 cm³/mol. The average molecular weight is 367 g/mol. The minimum absolute atomic E-state index is 0.0718.